The summed E-state index contributed by atoms with van der Waals surface area (Å²) in [5, 5.41) is 0. The van der Waals surface area contributed by atoms with Gasteiger partial charge >= 0.3 is 23.1 Å². The molecule has 0 unspecified atom stereocenters. The predicted octanol–water partition coefficient (Wildman–Crippen LogP) is -0.0839. The molecule has 0 bridgehead atoms. The third-order valence-electron chi connectivity index (χ3n) is 1.86. The van der Waals surface area contributed by atoms with E-state index in [1.54, 1.807) is 12.1 Å². The molecule has 0 aromatic heterocycles. The van der Waals surface area contributed by atoms with Gasteiger partial charge in [0.15, 0.2) is 0 Å². The van der Waals surface area contributed by atoms with Crippen LogP contribution < -0.4 is 17.0 Å². The van der Waals surface area contributed by atoms with E-state index >= 15 is 0 Å². The Bertz CT molecular complexity index is 386. The Labute approximate surface area is 115 Å². The van der Waals surface area contributed by atoms with Crippen molar-refractivity contribution in [1.29, 1.82) is 0 Å². The van der Waals surface area contributed by atoms with Gasteiger partial charge in [-0.2, -0.15) is 0 Å². The quantitative estimate of drug-likeness (QED) is 0.504. The van der Waals surface area contributed by atoms with Gasteiger partial charge in [0.25, 0.3) is 0 Å². The third kappa shape index (κ3) is 3.93. The zero-order valence-electron chi connectivity index (χ0n) is 8.08. The van der Waals surface area contributed by atoms with Gasteiger partial charge in [0.2, 0.25) is 0 Å². The normalized spacial score (nSPS) is 8.60. The summed E-state index contributed by atoms with van der Waals surface area (Å²) < 4.78 is 12.6. The Morgan fingerprint density at radius 3 is 2.13 bits per heavy atom. The van der Waals surface area contributed by atoms with Crippen molar-refractivity contribution in [3.05, 3.63) is 60.4 Å². The van der Waals surface area contributed by atoms with E-state index in [0.717, 1.165) is 11.1 Å². The minimum atomic E-state index is -0.209. The van der Waals surface area contributed by atoms with Gasteiger partial charge in [-0.05, 0) is 12.1 Å². The number of benzene rings is 2. The summed E-state index contributed by atoms with van der Waals surface area (Å²) in [6.45, 7) is 0. The summed E-state index contributed by atoms with van der Waals surface area (Å²) >= 11 is 0. The summed E-state index contributed by atoms with van der Waals surface area (Å²) in [7, 11) is 0. The summed E-state index contributed by atoms with van der Waals surface area (Å²) in [5.74, 6) is -0.209. The molecule has 72 valence electrons. The molecule has 0 saturated heterocycles. The van der Waals surface area contributed by atoms with Crippen molar-refractivity contribution in [2.75, 3.05) is 0 Å². The maximum absolute atomic E-state index is 12.6. The van der Waals surface area contributed by atoms with Gasteiger partial charge in [0, 0.05) is 0 Å². The maximum Gasteiger partial charge on any atom is 2.00 e. The van der Waals surface area contributed by atoms with E-state index < -0.39 is 0 Å². The molecule has 0 nitrogen and oxygen atoms in total. The molecule has 0 atom stereocenters. The average Bonchev–Trinajstić information content (AvgIpc) is 2.20. The van der Waals surface area contributed by atoms with Gasteiger partial charge < -0.3 is 17.0 Å². The van der Waals surface area contributed by atoms with Crippen LogP contribution in [0.3, 0.4) is 0 Å². The van der Waals surface area contributed by atoms with Crippen LogP contribution in [0.1, 0.15) is 0 Å². The Hall–Kier alpha value is -0.384. The Kier molecular flexibility index (Phi) is 6.81. The minimum absolute atomic E-state index is 0. The van der Waals surface area contributed by atoms with E-state index in [-0.39, 0.29) is 45.9 Å². The molecule has 0 radical (unpaired) electrons. The van der Waals surface area contributed by atoms with E-state index in [9.17, 15) is 4.39 Å². The molecule has 0 N–H and O–H groups in total. The van der Waals surface area contributed by atoms with E-state index in [0.29, 0.717) is 0 Å². The molecule has 3 heteroatoms. The van der Waals surface area contributed by atoms with Crippen molar-refractivity contribution >= 4 is 23.1 Å². The smallest absolute Gasteiger partial charge is 1.00 e. The van der Waals surface area contributed by atoms with Crippen molar-refractivity contribution in [1.82, 2.24) is 0 Å². The molecule has 0 aliphatic carbocycles. The van der Waals surface area contributed by atoms with Crippen molar-refractivity contribution < 1.29 is 21.4 Å². The van der Waals surface area contributed by atoms with Gasteiger partial charge in [0.1, 0.15) is 5.82 Å². The summed E-state index contributed by atoms with van der Waals surface area (Å²) in [5.41, 5.74) is 1.98. The minimum Gasteiger partial charge on any atom is -1.00 e. The fourth-order valence-corrected chi connectivity index (χ4v) is 1.20. The maximum atomic E-state index is 12.6. The van der Waals surface area contributed by atoms with Crippen LogP contribution in [0, 0.1) is 11.9 Å². The van der Waals surface area contributed by atoms with Gasteiger partial charge in [-0.3, -0.25) is 0 Å². The summed E-state index contributed by atoms with van der Waals surface area (Å²) in [4.78, 5) is 0. The van der Waals surface area contributed by atoms with Gasteiger partial charge in [-0.15, -0.1) is 35.9 Å². The van der Waals surface area contributed by atoms with Crippen molar-refractivity contribution in [2.24, 2.45) is 0 Å². The van der Waals surface area contributed by atoms with Crippen LogP contribution in [0.4, 0.5) is 4.39 Å². The predicted molar refractivity (Wildman–Crippen MR) is 56.4 cm³/mol. The van der Waals surface area contributed by atoms with Gasteiger partial charge in [-0.25, -0.2) is 4.39 Å². The fraction of sp³-hybridized carbons (Fsp3) is 0. The average molecular weight is 275 g/mol. The second-order valence-electron chi connectivity index (χ2n) is 2.78. The van der Waals surface area contributed by atoms with Crippen LogP contribution in [0.25, 0.3) is 11.1 Å². The third-order valence-corrected chi connectivity index (χ3v) is 1.86. The first-order chi connectivity index (χ1) is 6.36. The van der Waals surface area contributed by atoms with Crippen molar-refractivity contribution in [2.45, 2.75) is 0 Å². The standard InChI is InChI=1S/C12H8F.BrH.Mg/c13-12-8-6-11(7-9-12)10-4-2-1-3-5-10;;/h1-4,6-9H;1H;/q-1;;+2/p-1. The van der Waals surface area contributed by atoms with Gasteiger partial charge in [0.05, 0.1) is 0 Å². The summed E-state index contributed by atoms with van der Waals surface area (Å²) in [6.07, 6.45) is 0. The van der Waals surface area contributed by atoms with Crippen LogP contribution in [0.5, 0.6) is 0 Å². The molecular formula is C12H8BrFMg. The SMILES string of the molecule is Fc1ccc(-c2[c-]cccc2)cc1.[Br-].[Mg+2]. The first-order valence-electron chi connectivity index (χ1n) is 4.09. The van der Waals surface area contributed by atoms with Crippen molar-refractivity contribution in [3.63, 3.8) is 0 Å². The Morgan fingerprint density at radius 1 is 0.933 bits per heavy atom. The number of hydrogen-bond donors (Lipinski definition) is 0. The molecule has 0 amide bonds. The molecule has 0 heterocycles. The van der Waals surface area contributed by atoms with Gasteiger partial charge in [-0.1, -0.05) is 17.7 Å². The Balaban J connectivity index is 0.000000980. The molecule has 2 rings (SSSR count). The number of hydrogen-bond acceptors (Lipinski definition) is 0. The van der Waals surface area contributed by atoms with E-state index in [1.807, 2.05) is 24.3 Å². The van der Waals surface area contributed by atoms with Crippen LogP contribution in [-0.4, -0.2) is 23.1 Å². The largest absolute Gasteiger partial charge is 2.00 e. The number of halogens is 2. The molecule has 0 spiro atoms. The fourth-order valence-electron chi connectivity index (χ4n) is 1.20. The molecule has 2 aromatic carbocycles. The second-order valence-corrected chi connectivity index (χ2v) is 2.78. The van der Waals surface area contributed by atoms with Crippen LogP contribution in [-0.2, 0) is 0 Å². The van der Waals surface area contributed by atoms with Crippen molar-refractivity contribution in [3.8, 4) is 11.1 Å². The molecule has 0 aliphatic heterocycles. The van der Waals surface area contributed by atoms with E-state index in [4.69, 9.17) is 0 Å². The van der Waals surface area contributed by atoms with E-state index in [2.05, 4.69) is 6.07 Å². The first-order valence-corrected chi connectivity index (χ1v) is 4.09. The topological polar surface area (TPSA) is 0 Å². The zero-order valence-corrected chi connectivity index (χ0v) is 11.1. The molecule has 0 saturated carbocycles. The first kappa shape index (κ1) is 14.6. The number of rotatable bonds is 1. The van der Waals surface area contributed by atoms with Crippen LogP contribution in [0.2, 0.25) is 0 Å². The monoisotopic (exact) mass is 274 g/mol. The molecule has 0 aliphatic rings. The zero-order chi connectivity index (χ0) is 9.10. The van der Waals surface area contributed by atoms with Crippen LogP contribution >= 0.6 is 0 Å². The molecule has 15 heavy (non-hydrogen) atoms. The Morgan fingerprint density at radius 2 is 1.60 bits per heavy atom. The molecule has 2 aromatic rings. The second kappa shape index (κ2) is 6.98. The summed E-state index contributed by atoms with van der Waals surface area (Å²) in [6, 6.07) is 17.1. The molecule has 0 fully saturated rings. The van der Waals surface area contributed by atoms with Crippen LogP contribution in [0.15, 0.2) is 48.5 Å². The molecular weight excluding hydrogens is 267 g/mol. The van der Waals surface area contributed by atoms with E-state index in [1.165, 1.54) is 12.1 Å².